The summed E-state index contributed by atoms with van der Waals surface area (Å²) in [4.78, 5) is 40.1. The summed E-state index contributed by atoms with van der Waals surface area (Å²) in [6.45, 7) is 13.1. The normalized spacial score (nSPS) is 11.8. The van der Waals surface area contributed by atoms with Gasteiger partial charge in [-0.15, -0.1) is 22.7 Å². The Morgan fingerprint density at radius 2 is 0.681 bits per heavy atom. The highest BCUT2D eigenvalue weighted by Gasteiger charge is 2.30. The summed E-state index contributed by atoms with van der Waals surface area (Å²) < 4.78 is 11.2. The Morgan fingerprint density at radius 1 is 0.406 bits per heavy atom. The zero-order valence-corrected chi connectivity index (χ0v) is 47.4. The van der Waals surface area contributed by atoms with E-state index < -0.39 is 11.9 Å². The van der Waals surface area contributed by atoms with E-state index in [2.05, 4.69) is 38.5 Å². The average Bonchev–Trinajstić information content (AvgIpc) is 4.05. The molecular weight excluding hydrogens is 909 g/mol. The van der Waals surface area contributed by atoms with Gasteiger partial charge in [-0.05, 0) is 98.2 Å². The Labute approximate surface area is 434 Å². The number of hydrogen-bond donors (Lipinski definition) is 0. The number of ether oxygens (including phenoxy) is 2. The van der Waals surface area contributed by atoms with Crippen molar-refractivity contribution >= 4 is 68.4 Å². The second-order valence-electron chi connectivity index (χ2n) is 19.5. The van der Waals surface area contributed by atoms with E-state index in [9.17, 15) is 9.59 Å². The van der Waals surface area contributed by atoms with Gasteiger partial charge >= 0.3 is 11.9 Å². The molecule has 0 bridgehead atoms. The second kappa shape index (κ2) is 39.9. The van der Waals surface area contributed by atoms with E-state index in [1.807, 2.05) is 12.4 Å². The molecule has 0 atom stereocenters. The van der Waals surface area contributed by atoms with Crippen LogP contribution in [0.4, 0.5) is 10.0 Å². The number of unbranched alkanes of at least 4 members (excludes halogenated alkanes) is 28. The van der Waals surface area contributed by atoms with Crippen molar-refractivity contribution in [3.8, 4) is 0 Å². The first-order chi connectivity index (χ1) is 33.9. The highest BCUT2D eigenvalue weighted by molar-refractivity contribution is 7.20. The summed E-state index contributed by atoms with van der Waals surface area (Å²) in [7, 11) is 0. The van der Waals surface area contributed by atoms with E-state index in [-0.39, 0.29) is 24.3 Å². The van der Waals surface area contributed by atoms with Crippen LogP contribution in [0, 0.1) is 0 Å². The van der Waals surface area contributed by atoms with Crippen molar-refractivity contribution in [2.75, 3.05) is 13.2 Å². The van der Waals surface area contributed by atoms with Crippen molar-refractivity contribution in [2.24, 2.45) is 9.98 Å². The van der Waals surface area contributed by atoms with Gasteiger partial charge in [-0.25, -0.2) is 19.6 Å². The quantitative estimate of drug-likeness (QED) is 0.0321. The van der Waals surface area contributed by atoms with Crippen LogP contribution in [-0.4, -0.2) is 37.6 Å². The van der Waals surface area contributed by atoms with Crippen LogP contribution >= 0.6 is 34.0 Å². The van der Waals surface area contributed by atoms with Crippen LogP contribution in [0.1, 0.15) is 300 Å². The van der Waals surface area contributed by atoms with Crippen molar-refractivity contribution in [1.29, 1.82) is 0 Å². The Bertz CT molecular complexity index is 1710. The highest BCUT2D eigenvalue weighted by atomic mass is 32.1. The Balaban J connectivity index is 1.94. The molecule has 0 aromatic carbocycles. The van der Waals surface area contributed by atoms with E-state index in [4.69, 9.17) is 19.5 Å². The fourth-order valence-electron chi connectivity index (χ4n) is 9.45. The maximum atomic E-state index is 13.9. The van der Waals surface area contributed by atoms with Crippen LogP contribution in [0.15, 0.2) is 20.7 Å². The third-order valence-corrected chi connectivity index (χ3v) is 16.6. The van der Waals surface area contributed by atoms with Crippen molar-refractivity contribution in [1.82, 2.24) is 0 Å². The second-order valence-corrected chi connectivity index (χ2v) is 22.3. The van der Waals surface area contributed by atoms with Gasteiger partial charge in [0.25, 0.3) is 0 Å². The fraction of sp³-hybridized carbons (Fsp3) is 0.733. The highest BCUT2D eigenvalue weighted by Crippen LogP contribution is 2.43. The third kappa shape index (κ3) is 24.6. The van der Waals surface area contributed by atoms with E-state index in [1.54, 1.807) is 36.5 Å². The minimum absolute atomic E-state index is 0.157. The van der Waals surface area contributed by atoms with E-state index >= 15 is 0 Å². The number of esters is 2. The molecule has 3 heterocycles. The topological polar surface area (TPSA) is 77.3 Å². The molecule has 3 aromatic heterocycles. The summed E-state index contributed by atoms with van der Waals surface area (Å²) in [5, 5.41) is 5.58. The van der Waals surface area contributed by atoms with Crippen LogP contribution in [0.3, 0.4) is 0 Å². The minimum atomic E-state index is -0.565. The lowest BCUT2D eigenvalue weighted by atomic mass is 9.98. The summed E-state index contributed by atoms with van der Waals surface area (Å²) in [5.74, 6) is -1.13. The van der Waals surface area contributed by atoms with Gasteiger partial charge in [0.15, 0.2) is 0 Å². The molecule has 69 heavy (non-hydrogen) atoms. The molecule has 0 aliphatic rings. The number of thiophene rings is 3. The first-order valence-electron chi connectivity index (χ1n) is 28.7. The molecule has 3 rings (SSSR count). The molecule has 3 aromatic rings. The Hall–Kier alpha value is -2.62. The predicted molar refractivity (Wildman–Crippen MR) is 305 cm³/mol. The van der Waals surface area contributed by atoms with E-state index in [0.717, 1.165) is 35.4 Å². The Morgan fingerprint density at radius 3 is 0.971 bits per heavy atom. The molecule has 0 aliphatic carbocycles. The van der Waals surface area contributed by atoms with Crippen LogP contribution in [0.2, 0.25) is 0 Å². The van der Waals surface area contributed by atoms with Crippen molar-refractivity contribution in [2.45, 2.75) is 273 Å². The van der Waals surface area contributed by atoms with Gasteiger partial charge < -0.3 is 9.47 Å². The first-order valence-corrected chi connectivity index (χ1v) is 31.3. The first kappa shape index (κ1) is 60.7. The fourth-order valence-corrected chi connectivity index (χ4v) is 12.5. The van der Waals surface area contributed by atoms with Gasteiger partial charge in [-0.1, -0.05) is 219 Å². The average molecular weight is 1010 g/mol. The van der Waals surface area contributed by atoms with Gasteiger partial charge in [0.2, 0.25) is 0 Å². The minimum Gasteiger partial charge on any atom is -0.462 e. The lowest BCUT2D eigenvalue weighted by molar-refractivity contribution is 0.0481. The molecule has 9 heteroatoms. The zero-order valence-electron chi connectivity index (χ0n) is 44.9. The summed E-state index contributed by atoms with van der Waals surface area (Å²) in [6, 6.07) is 0. The molecule has 390 valence electrons. The summed E-state index contributed by atoms with van der Waals surface area (Å²) in [5.41, 5.74) is 6.02. The third-order valence-electron chi connectivity index (χ3n) is 13.6. The molecule has 0 radical (unpaired) electrons. The monoisotopic (exact) mass is 1010 g/mol. The number of aliphatic imine (C=N–C) groups is 2. The van der Waals surface area contributed by atoms with Crippen LogP contribution in [-0.2, 0) is 35.2 Å². The number of aryl methyl sites for hydroxylation is 2. The lowest BCUT2D eigenvalue weighted by Gasteiger charge is -2.08. The number of hydrogen-bond acceptors (Lipinski definition) is 9. The summed E-state index contributed by atoms with van der Waals surface area (Å²) >= 11 is 4.80. The van der Waals surface area contributed by atoms with Crippen LogP contribution in [0.5, 0.6) is 0 Å². The molecule has 0 saturated heterocycles. The van der Waals surface area contributed by atoms with Crippen molar-refractivity contribution in [3.05, 3.63) is 53.9 Å². The molecule has 6 nitrogen and oxygen atoms in total. The summed E-state index contributed by atoms with van der Waals surface area (Å²) in [6.07, 6.45) is 49.7. The number of carbonyl (C=O) groups excluding carboxylic acids is 2. The molecule has 0 N–H and O–H groups in total. The Kier molecular flexibility index (Phi) is 35.1. The molecule has 0 unspecified atom stereocenters. The molecule has 0 spiro atoms. The van der Waals surface area contributed by atoms with E-state index in [0.29, 0.717) is 10.0 Å². The van der Waals surface area contributed by atoms with Gasteiger partial charge in [0.05, 0.1) is 13.2 Å². The smallest absolute Gasteiger partial charge is 0.342 e. The van der Waals surface area contributed by atoms with Crippen LogP contribution in [0.25, 0.3) is 0 Å². The SMILES string of the molecule is CCCCCCCCCCc1csc(/C=N/c2sc(/N=C/c3scc(CCCCCCCCCC)c3CCCCCCCCCC)c(C(=O)OCC)c2C(=O)OCC)c1CCCCCCCCCC. The number of carbonyl (C=O) groups is 2. The van der Waals surface area contributed by atoms with Crippen molar-refractivity contribution in [3.63, 3.8) is 0 Å². The van der Waals surface area contributed by atoms with Crippen molar-refractivity contribution < 1.29 is 19.1 Å². The van der Waals surface area contributed by atoms with Gasteiger partial charge in [0.1, 0.15) is 21.1 Å². The predicted octanol–water partition coefficient (Wildman–Crippen LogP) is 20.5. The van der Waals surface area contributed by atoms with Gasteiger partial charge in [-0.2, -0.15) is 0 Å². The molecule has 0 amide bonds. The molecule has 0 aliphatic heterocycles. The maximum Gasteiger partial charge on any atom is 0.342 e. The largest absolute Gasteiger partial charge is 0.462 e. The van der Waals surface area contributed by atoms with Gasteiger partial charge in [-0.3, -0.25) is 0 Å². The molecular formula is C60H98N2O4S3. The molecule has 0 fully saturated rings. The number of rotatable bonds is 44. The van der Waals surface area contributed by atoms with E-state index in [1.165, 1.54) is 239 Å². The zero-order chi connectivity index (χ0) is 49.6. The lowest BCUT2D eigenvalue weighted by Crippen LogP contribution is -2.12. The van der Waals surface area contributed by atoms with Gasteiger partial charge in [0, 0.05) is 22.2 Å². The molecule has 0 saturated carbocycles. The standard InChI is InChI=1S/C60H98N2O4S3/c1-7-13-17-21-25-29-33-37-41-49-47-67-53(51(49)43-39-35-31-27-23-19-15-9-3)45-61-57-55(59(63)65-11-5)56(60(64)66-12-6)58(69-57)62-46-54-52(44-40-36-32-28-24-20-16-10-4)50(48-68-54)42-38-34-30-26-22-18-14-8-2/h45-48H,7-44H2,1-6H3/b61-45+,62-46+. The maximum absolute atomic E-state index is 13.9. The number of nitrogens with zero attached hydrogens (tertiary/aromatic N) is 2. The van der Waals surface area contributed by atoms with Crippen LogP contribution < -0.4 is 0 Å².